The summed E-state index contributed by atoms with van der Waals surface area (Å²) in [6.45, 7) is 16.2. The molecule has 2 aliphatic carbocycles. The molecule has 0 nitrogen and oxygen atoms in total. The van der Waals surface area contributed by atoms with Crippen molar-refractivity contribution in [1.82, 2.24) is 0 Å². The third-order valence-corrected chi connectivity index (χ3v) is 8.68. The first-order chi connectivity index (χ1) is 12.9. The monoisotopic (exact) mass is 374 g/mol. The average Bonchev–Trinajstić information content (AvgIpc) is 2.95. The van der Waals surface area contributed by atoms with Crippen LogP contribution < -0.4 is 0 Å². The first kappa shape index (κ1) is 23.0. The minimum atomic E-state index is 0.672. The minimum Gasteiger partial charge on any atom is -0.103 e. The quantitative estimate of drug-likeness (QED) is 0.236. The van der Waals surface area contributed by atoms with E-state index in [1.807, 2.05) is 0 Å². The maximum Gasteiger partial charge on any atom is -0.0266 e. The molecule has 0 aromatic heterocycles. The van der Waals surface area contributed by atoms with Crippen molar-refractivity contribution in [2.75, 3.05) is 0 Å². The first-order valence-electron chi connectivity index (χ1n) is 12.5. The highest BCUT2D eigenvalue weighted by Gasteiger charge is 2.52. The van der Waals surface area contributed by atoms with Crippen molar-refractivity contribution in [3.05, 3.63) is 12.7 Å². The highest BCUT2D eigenvalue weighted by Crippen LogP contribution is 2.61. The molecule has 158 valence electrons. The standard InChI is InChI=1S/C27H50/c1-7-12-22(5)14-11-15-23-19-20-27(6)24(16-10-9-13-21(3)4)17-18-26(27)25(23)8-2/h7,21-26H,1,8-20H2,2-6H3. The minimum absolute atomic E-state index is 0.672. The molecule has 0 saturated heterocycles. The van der Waals surface area contributed by atoms with E-state index in [9.17, 15) is 0 Å². The van der Waals surface area contributed by atoms with Crippen LogP contribution in [0.15, 0.2) is 12.7 Å². The molecule has 0 bridgehead atoms. The Labute approximate surface area is 172 Å². The molecule has 27 heavy (non-hydrogen) atoms. The van der Waals surface area contributed by atoms with Crippen molar-refractivity contribution in [2.45, 2.75) is 118 Å². The summed E-state index contributed by atoms with van der Waals surface area (Å²) >= 11 is 0. The second-order valence-corrected chi connectivity index (χ2v) is 11.0. The summed E-state index contributed by atoms with van der Waals surface area (Å²) in [4.78, 5) is 0. The molecule has 0 N–H and O–H groups in total. The molecule has 6 unspecified atom stereocenters. The molecule has 0 aliphatic heterocycles. The van der Waals surface area contributed by atoms with Crippen molar-refractivity contribution < 1.29 is 0 Å². The summed E-state index contributed by atoms with van der Waals surface area (Å²) in [6, 6.07) is 0. The van der Waals surface area contributed by atoms with Gasteiger partial charge in [0.05, 0.1) is 0 Å². The number of hydrogen-bond acceptors (Lipinski definition) is 0. The SMILES string of the molecule is C=CCC(C)CCCC1CCC2(C)C(CCCCC(C)C)CCC2C1CC. The van der Waals surface area contributed by atoms with Gasteiger partial charge in [-0.25, -0.2) is 0 Å². The van der Waals surface area contributed by atoms with Crippen LogP contribution in [0.3, 0.4) is 0 Å². The Bertz CT molecular complexity index is 422. The zero-order valence-corrected chi connectivity index (χ0v) is 19.4. The van der Waals surface area contributed by atoms with Gasteiger partial charge in [-0.3, -0.25) is 0 Å². The van der Waals surface area contributed by atoms with Gasteiger partial charge in [0.2, 0.25) is 0 Å². The Morgan fingerprint density at radius 2 is 1.78 bits per heavy atom. The Hall–Kier alpha value is -0.260. The molecule has 0 amide bonds. The van der Waals surface area contributed by atoms with Crippen LogP contribution in [0.1, 0.15) is 118 Å². The number of hydrogen-bond donors (Lipinski definition) is 0. The Balaban J connectivity index is 1.85. The van der Waals surface area contributed by atoms with Crippen molar-refractivity contribution in [1.29, 1.82) is 0 Å². The van der Waals surface area contributed by atoms with E-state index >= 15 is 0 Å². The zero-order chi connectivity index (χ0) is 19.9. The maximum absolute atomic E-state index is 3.91. The van der Waals surface area contributed by atoms with Crippen LogP contribution in [-0.4, -0.2) is 0 Å². The molecule has 2 saturated carbocycles. The lowest BCUT2D eigenvalue weighted by Crippen LogP contribution is -2.41. The molecular weight excluding hydrogens is 324 g/mol. The number of allylic oxidation sites excluding steroid dienone is 1. The van der Waals surface area contributed by atoms with E-state index in [0.717, 1.165) is 35.5 Å². The summed E-state index contributed by atoms with van der Waals surface area (Å²) in [5, 5.41) is 0. The lowest BCUT2D eigenvalue weighted by Gasteiger charge is -2.49. The van der Waals surface area contributed by atoms with Gasteiger partial charge in [-0.2, -0.15) is 0 Å². The maximum atomic E-state index is 3.91. The van der Waals surface area contributed by atoms with Gasteiger partial charge in [0.1, 0.15) is 0 Å². The van der Waals surface area contributed by atoms with Gasteiger partial charge in [0.15, 0.2) is 0 Å². The molecule has 0 heterocycles. The summed E-state index contributed by atoms with van der Waals surface area (Å²) in [5.74, 6) is 5.80. The van der Waals surface area contributed by atoms with Gasteiger partial charge >= 0.3 is 0 Å². The second-order valence-electron chi connectivity index (χ2n) is 11.0. The number of fused-ring (bicyclic) bond motifs is 1. The van der Waals surface area contributed by atoms with Gasteiger partial charge < -0.3 is 0 Å². The normalized spacial score (nSPS) is 34.6. The highest BCUT2D eigenvalue weighted by molar-refractivity contribution is 5.01. The van der Waals surface area contributed by atoms with Crippen molar-refractivity contribution in [3.8, 4) is 0 Å². The Kier molecular flexibility index (Phi) is 9.43. The predicted octanol–water partition coefficient (Wildman–Crippen LogP) is 9.05. The molecule has 0 spiro atoms. The van der Waals surface area contributed by atoms with Crippen molar-refractivity contribution in [2.24, 2.45) is 40.9 Å². The molecule has 2 rings (SSSR count). The predicted molar refractivity (Wildman–Crippen MR) is 122 cm³/mol. The lowest BCUT2D eigenvalue weighted by atomic mass is 9.56. The highest BCUT2D eigenvalue weighted by atomic mass is 14.6. The van der Waals surface area contributed by atoms with Gasteiger partial charge in [-0.15, -0.1) is 6.58 Å². The van der Waals surface area contributed by atoms with Gasteiger partial charge in [0, 0.05) is 0 Å². The van der Waals surface area contributed by atoms with Crippen LogP contribution in [0.2, 0.25) is 0 Å². The van der Waals surface area contributed by atoms with Crippen LogP contribution >= 0.6 is 0 Å². The zero-order valence-electron chi connectivity index (χ0n) is 19.4. The van der Waals surface area contributed by atoms with E-state index < -0.39 is 0 Å². The molecule has 2 fully saturated rings. The second kappa shape index (κ2) is 11.1. The summed E-state index contributed by atoms with van der Waals surface area (Å²) in [7, 11) is 0. The third kappa shape index (κ3) is 6.11. The summed E-state index contributed by atoms with van der Waals surface area (Å²) in [5.41, 5.74) is 0.672. The Morgan fingerprint density at radius 1 is 1.00 bits per heavy atom. The summed E-state index contributed by atoms with van der Waals surface area (Å²) < 4.78 is 0. The number of unbranched alkanes of at least 4 members (excludes halogenated alkanes) is 1. The van der Waals surface area contributed by atoms with Gasteiger partial charge in [-0.1, -0.05) is 85.6 Å². The van der Waals surface area contributed by atoms with Crippen LogP contribution in [0, 0.1) is 40.9 Å². The average molecular weight is 375 g/mol. The fourth-order valence-electron chi connectivity index (χ4n) is 7.00. The van der Waals surface area contributed by atoms with E-state index in [2.05, 4.69) is 47.3 Å². The Morgan fingerprint density at radius 3 is 2.44 bits per heavy atom. The largest absolute Gasteiger partial charge is 0.103 e. The third-order valence-electron chi connectivity index (χ3n) is 8.68. The molecule has 0 radical (unpaired) electrons. The van der Waals surface area contributed by atoms with E-state index in [-0.39, 0.29) is 0 Å². The number of rotatable bonds is 12. The molecule has 0 aromatic carbocycles. The van der Waals surface area contributed by atoms with Gasteiger partial charge in [-0.05, 0) is 79.4 Å². The summed E-state index contributed by atoms with van der Waals surface area (Å²) in [6.07, 6.45) is 21.0. The first-order valence-corrected chi connectivity index (χ1v) is 12.5. The molecular formula is C27H50. The molecule has 0 heteroatoms. The van der Waals surface area contributed by atoms with E-state index in [1.54, 1.807) is 0 Å². The van der Waals surface area contributed by atoms with Crippen LogP contribution in [0.25, 0.3) is 0 Å². The fraction of sp³-hybridized carbons (Fsp3) is 0.926. The fourth-order valence-corrected chi connectivity index (χ4v) is 7.00. The van der Waals surface area contributed by atoms with Crippen molar-refractivity contribution in [3.63, 3.8) is 0 Å². The molecule has 0 aromatic rings. The smallest absolute Gasteiger partial charge is 0.0266 e. The van der Waals surface area contributed by atoms with Gasteiger partial charge in [0.25, 0.3) is 0 Å². The van der Waals surface area contributed by atoms with Crippen molar-refractivity contribution >= 4 is 0 Å². The molecule has 6 atom stereocenters. The van der Waals surface area contributed by atoms with Crippen LogP contribution in [0.5, 0.6) is 0 Å². The molecule has 2 aliphatic rings. The van der Waals surface area contributed by atoms with E-state index in [4.69, 9.17) is 0 Å². The van der Waals surface area contributed by atoms with Crippen LogP contribution in [-0.2, 0) is 0 Å². The lowest BCUT2D eigenvalue weighted by molar-refractivity contribution is 0.00354. The van der Waals surface area contributed by atoms with E-state index in [1.165, 1.54) is 83.5 Å². The van der Waals surface area contributed by atoms with E-state index in [0.29, 0.717) is 5.41 Å². The van der Waals surface area contributed by atoms with Crippen LogP contribution in [0.4, 0.5) is 0 Å². The topological polar surface area (TPSA) is 0 Å².